The molecule has 5 nitrogen and oxygen atoms in total. The van der Waals surface area contributed by atoms with Crippen molar-refractivity contribution in [3.63, 3.8) is 0 Å². The van der Waals surface area contributed by atoms with E-state index in [1.54, 1.807) is 6.26 Å². The Bertz CT molecular complexity index is 382. The van der Waals surface area contributed by atoms with Crippen LogP contribution >= 0.6 is 0 Å². The number of hydrogen-bond donors (Lipinski definition) is 0. The summed E-state index contributed by atoms with van der Waals surface area (Å²) in [5.41, 5.74) is 0.468. The van der Waals surface area contributed by atoms with Crippen LogP contribution in [0, 0.1) is 0 Å². The third-order valence-electron chi connectivity index (χ3n) is 2.35. The maximum absolute atomic E-state index is 11.8. The zero-order chi connectivity index (χ0) is 12.5. The smallest absolute Gasteiger partial charge is 0.434 e. The van der Waals surface area contributed by atoms with Crippen molar-refractivity contribution >= 4 is 6.09 Å². The monoisotopic (exact) mass is 239 g/mol. The molecule has 0 spiro atoms. The number of amides is 1. The van der Waals surface area contributed by atoms with Gasteiger partial charge < -0.3 is 9.15 Å². The van der Waals surface area contributed by atoms with E-state index < -0.39 is 11.7 Å². The summed E-state index contributed by atoms with van der Waals surface area (Å²) in [5, 5.41) is 1.25. The topological polar surface area (TPSA) is 51.9 Å². The molecule has 0 saturated carbocycles. The lowest BCUT2D eigenvalue weighted by atomic mass is 10.2. The number of ether oxygens (including phenoxy) is 1. The van der Waals surface area contributed by atoms with Crippen molar-refractivity contribution in [2.45, 2.75) is 39.4 Å². The van der Waals surface area contributed by atoms with Gasteiger partial charge in [0.15, 0.2) is 0 Å². The molecule has 1 amide bonds. The lowest BCUT2D eigenvalue weighted by Gasteiger charge is -2.25. The molecule has 1 aliphatic rings. The average Bonchev–Trinajstić information content (AvgIpc) is 2.54. The van der Waals surface area contributed by atoms with Gasteiger partial charge in [0.2, 0.25) is 0 Å². The van der Waals surface area contributed by atoms with Gasteiger partial charge in [-0.25, -0.2) is 4.79 Å². The Morgan fingerprint density at radius 2 is 2.24 bits per heavy atom. The van der Waals surface area contributed by atoms with E-state index in [1.807, 2.05) is 26.8 Å². The molecule has 0 radical (unpaired) electrons. The number of carbonyl (C=O) groups is 1. The van der Waals surface area contributed by atoms with Crippen LogP contribution in [-0.2, 0) is 22.6 Å². The Labute approximate surface area is 100 Å². The van der Waals surface area contributed by atoms with Crippen molar-refractivity contribution in [3.8, 4) is 0 Å². The maximum Gasteiger partial charge on any atom is 0.434 e. The van der Waals surface area contributed by atoms with Crippen molar-refractivity contribution in [1.82, 2.24) is 5.06 Å². The number of hydrogen-bond acceptors (Lipinski definition) is 4. The fraction of sp³-hybridized carbons (Fsp3) is 0.583. The van der Waals surface area contributed by atoms with Crippen LogP contribution in [0.25, 0.3) is 0 Å². The lowest BCUT2D eigenvalue weighted by molar-refractivity contribution is -0.152. The molecule has 2 heterocycles. The number of hydroxylamine groups is 2. The molecule has 94 valence electrons. The van der Waals surface area contributed by atoms with Gasteiger partial charge in [-0.15, -0.1) is 0 Å². The summed E-state index contributed by atoms with van der Waals surface area (Å²) in [7, 11) is 0. The molecule has 0 saturated heterocycles. The highest BCUT2D eigenvalue weighted by Crippen LogP contribution is 2.19. The zero-order valence-corrected chi connectivity index (χ0v) is 10.4. The molecule has 0 bridgehead atoms. The Balaban J connectivity index is 1.97. The van der Waals surface area contributed by atoms with E-state index in [4.69, 9.17) is 14.0 Å². The Kier molecular flexibility index (Phi) is 3.11. The van der Waals surface area contributed by atoms with Crippen LogP contribution in [0.1, 0.15) is 32.1 Å². The van der Waals surface area contributed by atoms with Gasteiger partial charge in [0.05, 0.1) is 12.8 Å². The first-order valence-corrected chi connectivity index (χ1v) is 5.64. The maximum atomic E-state index is 11.8. The average molecular weight is 239 g/mol. The van der Waals surface area contributed by atoms with Gasteiger partial charge in [-0.05, 0) is 26.8 Å². The predicted molar refractivity (Wildman–Crippen MR) is 60.1 cm³/mol. The van der Waals surface area contributed by atoms with E-state index in [0.717, 1.165) is 11.3 Å². The molecule has 1 aromatic heterocycles. The number of nitrogens with zero attached hydrogens (tertiary/aromatic N) is 1. The molecule has 5 heteroatoms. The second-order valence-corrected chi connectivity index (χ2v) is 4.97. The first-order chi connectivity index (χ1) is 7.96. The van der Waals surface area contributed by atoms with E-state index in [1.165, 1.54) is 5.06 Å². The van der Waals surface area contributed by atoms with Crippen molar-refractivity contribution in [3.05, 3.63) is 23.7 Å². The highest BCUT2D eigenvalue weighted by molar-refractivity contribution is 5.66. The SMILES string of the molecule is CC(C)(C)OC(=O)N1CCc2occc2CO1. The third-order valence-corrected chi connectivity index (χ3v) is 2.35. The molecule has 0 N–H and O–H groups in total. The van der Waals surface area contributed by atoms with Crippen molar-refractivity contribution in [2.75, 3.05) is 6.54 Å². The van der Waals surface area contributed by atoms with Crippen LogP contribution in [0.5, 0.6) is 0 Å². The lowest BCUT2D eigenvalue weighted by Crippen LogP contribution is -2.37. The predicted octanol–water partition coefficient (Wildman–Crippen LogP) is 2.50. The van der Waals surface area contributed by atoms with Crippen molar-refractivity contribution in [1.29, 1.82) is 0 Å². The molecule has 0 aliphatic carbocycles. The van der Waals surface area contributed by atoms with Gasteiger partial charge in [-0.3, -0.25) is 4.84 Å². The molecular formula is C12H17NO4. The quantitative estimate of drug-likeness (QED) is 0.698. The second-order valence-electron chi connectivity index (χ2n) is 4.97. The summed E-state index contributed by atoms with van der Waals surface area (Å²) in [5.74, 6) is 0.871. The normalized spacial score (nSPS) is 16.3. The van der Waals surface area contributed by atoms with E-state index in [-0.39, 0.29) is 0 Å². The van der Waals surface area contributed by atoms with Crippen LogP contribution in [0.15, 0.2) is 16.7 Å². The number of furan rings is 1. The van der Waals surface area contributed by atoms with E-state index in [9.17, 15) is 4.79 Å². The van der Waals surface area contributed by atoms with Gasteiger partial charge >= 0.3 is 6.09 Å². The minimum atomic E-state index is -0.515. The summed E-state index contributed by atoms with van der Waals surface area (Å²) in [6, 6.07) is 1.86. The summed E-state index contributed by atoms with van der Waals surface area (Å²) in [6.07, 6.45) is 1.82. The number of carbonyl (C=O) groups excluding carboxylic acids is 1. The Hall–Kier alpha value is -1.49. The standard InChI is InChI=1S/C12H17NO4/c1-12(2,3)17-11(14)13-6-4-10-9(8-16-13)5-7-15-10/h5,7H,4,6,8H2,1-3H3. The number of rotatable bonds is 0. The van der Waals surface area contributed by atoms with Crippen LogP contribution in [0.4, 0.5) is 4.79 Å². The highest BCUT2D eigenvalue weighted by atomic mass is 16.7. The summed E-state index contributed by atoms with van der Waals surface area (Å²) < 4.78 is 10.5. The van der Waals surface area contributed by atoms with Crippen LogP contribution in [0.3, 0.4) is 0 Å². The molecular weight excluding hydrogens is 222 g/mol. The van der Waals surface area contributed by atoms with E-state index in [0.29, 0.717) is 19.6 Å². The molecule has 0 fully saturated rings. The summed E-state index contributed by atoms with van der Waals surface area (Å²) >= 11 is 0. The Morgan fingerprint density at radius 3 is 2.94 bits per heavy atom. The first-order valence-electron chi connectivity index (χ1n) is 5.64. The van der Waals surface area contributed by atoms with E-state index in [2.05, 4.69) is 0 Å². The highest BCUT2D eigenvalue weighted by Gasteiger charge is 2.25. The van der Waals surface area contributed by atoms with Gasteiger partial charge in [-0.1, -0.05) is 0 Å². The fourth-order valence-corrected chi connectivity index (χ4v) is 1.59. The Morgan fingerprint density at radius 1 is 1.47 bits per heavy atom. The molecule has 17 heavy (non-hydrogen) atoms. The van der Waals surface area contributed by atoms with Crippen LogP contribution in [-0.4, -0.2) is 23.3 Å². The molecule has 1 aliphatic heterocycles. The minimum absolute atomic E-state index is 0.338. The molecule has 0 unspecified atom stereocenters. The largest absolute Gasteiger partial charge is 0.469 e. The van der Waals surface area contributed by atoms with Crippen LogP contribution < -0.4 is 0 Å². The van der Waals surface area contributed by atoms with Crippen molar-refractivity contribution < 1.29 is 18.8 Å². The summed E-state index contributed by atoms with van der Waals surface area (Å²) in [4.78, 5) is 17.2. The molecule has 1 aromatic rings. The van der Waals surface area contributed by atoms with Gasteiger partial charge in [0.1, 0.15) is 18.0 Å². The number of fused-ring (bicyclic) bond motifs is 1. The zero-order valence-electron chi connectivity index (χ0n) is 10.4. The van der Waals surface area contributed by atoms with Gasteiger partial charge in [0.25, 0.3) is 0 Å². The van der Waals surface area contributed by atoms with Crippen LogP contribution in [0.2, 0.25) is 0 Å². The summed E-state index contributed by atoms with van der Waals surface area (Å²) in [6.45, 7) is 6.26. The van der Waals surface area contributed by atoms with Gasteiger partial charge in [-0.2, -0.15) is 5.06 Å². The van der Waals surface area contributed by atoms with Gasteiger partial charge in [0, 0.05) is 12.0 Å². The first kappa shape index (κ1) is 12.0. The van der Waals surface area contributed by atoms with Crippen molar-refractivity contribution in [2.24, 2.45) is 0 Å². The second kappa shape index (κ2) is 4.41. The molecule has 0 aromatic carbocycles. The third kappa shape index (κ3) is 3.00. The van der Waals surface area contributed by atoms with E-state index >= 15 is 0 Å². The fourth-order valence-electron chi connectivity index (χ4n) is 1.59. The minimum Gasteiger partial charge on any atom is -0.469 e. The molecule has 0 atom stereocenters. The molecule has 2 rings (SSSR count).